The van der Waals surface area contributed by atoms with Crippen LogP contribution in [0.25, 0.3) is 0 Å². The third kappa shape index (κ3) is 3.56. The number of fused-ring (bicyclic) bond motifs is 1. The molecule has 2 heterocycles. The first-order valence-corrected chi connectivity index (χ1v) is 11.3. The summed E-state index contributed by atoms with van der Waals surface area (Å²) < 4.78 is 0. The molecule has 0 aromatic heterocycles. The molecular weight excluding hydrogens is 364 g/mol. The molecule has 2 aliphatic heterocycles. The van der Waals surface area contributed by atoms with E-state index in [9.17, 15) is 0 Å². The summed E-state index contributed by atoms with van der Waals surface area (Å²) in [5, 5.41) is 3.82. The number of allylic oxidation sites excluding steroid dienone is 15. The standard InChI is InChI=1S/C28H30N2/c1-19-16-25(21-10-6-3-4-7-11-21)23-14-15-24-26(22-12-8-5-9-13-22)17-20(2)30-28(24)27(23)18-29-19/h3-8,10,12,16-17,20,30H,9,11,13-15,18H2,1-2H3. The van der Waals surface area contributed by atoms with E-state index < -0.39 is 0 Å². The number of rotatable bonds is 2. The van der Waals surface area contributed by atoms with Gasteiger partial charge in [-0.05, 0) is 85.5 Å². The van der Waals surface area contributed by atoms with Gasteiger partial charge >= 0.3 is 0 Å². The molecule has 2 heteroatoms. The molecule has 5 rings (SSSR count). The fourth-order valence-corrected chi connectivity index (χ4v) is 5.13. The van der Waals surface area contributed by atoms with Crippen molar-refractivity contribution in [3.8, 4) is 0 Å². The lowest BCUT2D eigenvalue weighted by Gasteiger charge is -2.35. The summed E-state index contributed by atoms with van der Waals surface area (Å²) in [5.41, 5.74) is 12.6. The van der Waals surface area contributed by atoms with Crippen molar-refractivity contribution in [3.63, 3.8) is 0 Å². The van der Waals surface area contributed by atoms with Crippen molar-refractivity contribution >= 4 is 5.71 Å². The molecule has 0 fully saturated rings. The highest BCUT2D eigenvalue weighted by Gasteiger charge is 2.31. The van der Waals surface area contributed by atoms with E-state index in [1.807, 2.05) is 0 Å². The van der Waals surface area contributed by atoms with E-state index in [0.29, 0.717) is 6.04 Å². The summed E-state index contributed by atoms with van der Waals surface area (Å²) >= 11 is 0. The van der Waals surface area contributed by atoms with Crippen LogP contribution in [0.5, 0.6) is 0 Å². The predicted molar refractivity (Wildman–Crippen MR) is 127 cm³/mol. The molecular formula is C28H30N2. The zero-order chi connectivity index (χ0) is 20.5. The Morgan fingerprint density at radius 3 is 2.60 bits per heavy atom. The molecule has 0 aromatic rings. The van der Waals surface area contributed by atoms with Crippen LogP contribution in [-0.4, -0.2) is 18.3 Å². The Kier molecular flexibility index (Phi) is 5.16. The van der Waals surface area contributed by atoms with E-state index in [4.69, 9.17) is 4.99 Å². The lowest BCUT2D eigenvalue weighted by Crippen LogP contribution is -2.33. The molecule has 5 aliphatic rings. The van der Waals surface area contributed by atoms with Gasteiger partial charge in [-0.15, -0.1) is 0 Å². The Bertz CT molecular complexity index is 1070. The molecule has 1 unspecified atom stereocenters. The van der Waals surface area contributed by atoms with Crippen LogP contribution in [0.2, 0.25) is 0 Å². The van der Waals surface area contributed by atoms with Crippen LogP contribution >= 0.6 is 0 Å². The lowest BCUT2D eigenvalue weighted by atomic mass is 9.76. The van der Waals surface area contributed by atoms with Gasteiger partial charge in [0.25, 0.3) is 0 Å². The second kappa shape index (κ2) is 8.10. The van der Waals surface area contributed by atoms with Crippen LogP contribution in [-0.2, 0) is 0 Å². The molecule has 2 nitrogen and oxygen atoms in total. The topological polar surface area (TPSA) is 24.4 Å². The van der Waals surface area contributed by atoms with Crippen molar-refractivity contribution in [2.24, 2.45) is 4.99 Å². The average Bonchev–Trinajstić information content (AvgIpc) is 3.13. The number of aliphatic imine (C=N–C) groups is 1. The Morgan fingerprint density at radius 1 is 0.867 bits per heavy atom. The Labute approximate surface area is 180 Å². The van der Waals surface area contributed by atoms with Crippen LogP contribution in [0.3, 0.4) is 0 Å². The van der Waals surface area contributed by atoms with Gasteiger partial charge in [0.15, 0.2) is 0 Å². The van der Waals surface area contributed by atoms with Crippen molar-refractivity contribution in [1.29, 1.82) is 0 Å². The van der Waals surface area contributed by atoms with Crippen molar-refractivity contribution in [2.75, 3.05) is 6.54 Å². The molecule has 3 aliphatic carbocycles. The highest BCUT2D eigenvalue weighted by Crippen LogP contribution is 2.44. The van der Waals surface area contributed by atoms with Crippen molar-refractivity contribution in [1.82, 2.24) is 5.32 Å². The van der Waals surface area contributed by atoms with Crippen molar-refractivity contribution in [3.05, 3.63) is 105 Å². The van der Waals surface area contributed by atoms with Gasteiger partial charge in [-0.1, -0.05) is 54.7 Å². The third-order valence-corrected chi connectivity index (χ3v) is 6.57. The molecule has 0 bridgehead atoms. The van der Waals surface area contributed by atoms with E-state index >= 15 is 0 Å². The average molecular weight is 395 g/mol. The summed E-state index contributed by atoms with van der Waals surface area (Å²) in [4.78, 5) is 4.93. The number of nitrogens with zero attached hydrogens (tertiary/aromatic N) is 1. The Balaban J connectivity index is 1.62. The minimum absolute atomic E-state index is 0.334. The molecule has 1 atom stereocenters. The van der Waals surface area contributed by atoms with Crippen LogP contribution in [0.1, 0.15) is 46.0 Å². The molecule has 0 radical (unpaired) electrons. The second-order valence-corrected chi connectivity index (χ2v) is 8.71. The van der Waals surface area contributed by atoms with Gasteiger partial charge in [0.1, 0.15) is 0 Å². The minimum atomic E-state index is 0.334. The third-order valence-electron chi connectivity index (χ3n) is 6.57. The monoisotopic (exact) mass is 394 g/mol. The highest BCUT2D eigenvalue weighted by molar-refractivity contribution is 5.96. The van der Waals surface area contributed by atoms with Crippen LogP contribution in [0.4, 0.5) is 0 Å². The van der Waals surface area contributed by atoms with Gasteiger partial charge in [-0.2, -0.15) is 0 Å². The summed E-state index contributed by atoms with van der Waals surface area (Å²) in [7, 11) is 0. The number of hydrogen-bond donors (Lipinski definition) is 1. The maximum Gasteiger partial charge on any atom is 0.0666 e. The predicted octanol–water partition coefficient (Wildman–Crippen LogP) is 6.37. The lowest BCUT2D eigenvalue weighted by molar-refractivity contribution is 0.674. The molecule has 0 amide bonds. The van der Waals surface area contributed by atoms with Crippen LogP contribution in [0.15, 0.2) is 110 Å². The fraction of sp³-hybridized carbons (Fsp3) is 0.321. The van der Waals surface area contributed by atoms with Gasteiger partial charge < -0.3 is 5.32 Å². The number of nitrogens with one attached hydrogen (secondary N) is 1. The summed E-state index contributed by atoms with van der Waals surface area (Å²) in [6, 6.07) is 0.334. The largest absolute Gasteiger partial charge is 0.379 e. The maximum absolute atomic E-state index is 4.93. The number of dihydropyridines is 1. The van der Waals surface area contributed by atoms with Crippen molar-refractivity contribution < 1.29 is 0 Å². The first-order valence-electron chi connectivity index (χ1n) is 11.3. The van der Waals surface area contributed by atoms with E-state index in [1.54, 1.807) is 0 Å². The molecule has 0 saturated heterocycles. The van der Waals surface area contributed by atoms with Gasteiger partial charge in [0, 0.05) is 23.0 Å². The van der Waals surface area contributed by atoms with Gasteiger partial charge in [-0.25, -0.2) is 0 Å². The highest BCUT2D eigenvalue weighted by atomic mass is 14.9. The molecule has 0 aromatic carbocycles. The van der Waals surface area contributed by atoms with Gasteiger partial charge in [0.2, 0.25) is 0 Å². The summed E-state index contributed by atoms with van der Waals surface area (Å²) in [5.74, 6) is 0. The van der Waals surface area contributed by atoms with E-state index in [1.165, 1.54) is 44.7 Å². The normalized spacial score (nSPS) is 25.8. The quantitative estimate of drug-likeness (QED) is 0.578. The number of hydrogen-bond acceptors (Lipinski definition) is 2. The summed E-state index contributed by atoms with van der Waals surface area (Å²) in [6.07, 6.45) is 28.0. The first-order chi connectivity index (χ1) is 14.7. The Morgan fingerprint density at radius 2 is 1.73 bits per heavy atom. The van der Waals surface area contributed by atoms with Crippen molar-refractivity contribution in [2.45, 2.75) is 52.0 Å². The maximum atomic E-state index is 4.93. The zero-order valence-corrected chi connectivity index (χ0v) is 18.0. The minimum Gasteiger partial charge on any atom is -0.379 e. The van der Waals surface area contributed by atoms with E-state index in [2.05, 4.69) is 79.9 Å². The molecule has 0 saturated carbocycles. The van der Waals surface area contributed by atoms with Crippen LogP contribution in [0, 0.1) is 0 Å². The molecule has 152 valence electrons. The van der Waals surface area contributed by atoms with Gasteiger partial charge in [-0.3, -0.25) is 4.99 Å². The Hall–Kier alpha value is -2.87. The second-order valence-electron chi connectivity index (χ2n) is 8.71. The smallest absolute Gasteiger partial charge is 0.0666 e. The molecule has 1 N–H and O–H groups in total. The van der Waals surface area contributed by atoms with Gasteiger partial charge in [0.05, 0.1) is 6.54 Å². The summed E-state index contributed by atoms with van der Waals surface area (Å²) in [6.45, 7) is 5.17. The molecule has 30 heavy (non-hydrogen) atoms. The van der Waals surface area contributed by atoms with Crippen LogP contribution < -0.4 is 5.32 Å². The zero-order valence-electron chi connectivity index (χ0n) is 18.0. The van der Waals surface area contributed by atoms with E-state index in [-0.39, 0.29) is 0 Å². The fourth-order valence-electron chi connectivity index (χ4n) is 5.13. The first kappa shape index (κ1) is 19.1. The van der Waals surface area contributed by atoms with E-state index in [0.717, 1.165) is 44.4 Å². The SMILES string of the molecule is CC1=NCC2=C(CCC3=C2NC(C)C=C3C2=CC=CCC2)C(C2=CC=CC=CC2)=C1. The molecule has 0 spiro atoms.